The van der Waals surface area contributed by atoms with Gasteiger partial charge < -0.3 is 9.94 Å². The highest BCUT2D eigenvalue weighted by atomic mass is 19.4. The summed E-state index contributed by atoms with van der Waals surface area (Å²) in [4.78, 5) is 15.7. The maximum absolute atomic E-state index is 12.5. The Morgan fingerprint density at radius 1 is 1.14 bits per heavy atom. The average Bonchev–Trinajstić information content (AvgIpc) is 2.46. The molecule has 116 valence electrons. The lowest BCUT2D eigenvalue weighted by Gasteiger charge is -2.11. The Morgan fingerprint density at radius 2 is 1.77 bits per heavy atom. The molecule has 0 unspecified atom stereocenters. The number of alkyl halides is 3. The van der Waals surface area contributed by atoms with Crippen LogP contribution in [0.1, 0.15) is 27.0 Å². The van der Waals surface area contributed by atoms with Crippen LogP contribution in [0.15, 0.2) is 42.5 Å². The third kappa shape index (κ3) is 3.37. The molecule has 0 aliphatic heterocycles. The van der Waals surface area contributed by atoms with E-state index in [4.69, 9.17) is 11.0 Å². The Kier molecular flexibility index (Phi) is 4.37. The summed E-state index contributed by atoms with van der Waals surface area (Å²) in [5.74, 6) is 3.91. The smallest absolute Gasteiger partial charge is 0.416 e. The fraction of sp³-hybridized carbons (Fsp3) is 0.133. The SMILES string of the molecule is NOc1c(Cc2ccc(C(F)(F)F)cc2)cccc1C(=O)O. The molecule has 3 N–H and O–H groups in total. The predicted octanol–water partition coefficient (Wildman–Crippen LogP) is 3.25. The molecule has 7 heteroatoms. The van der Waals surface area contributed by atoms with Crippen LogP contribution in [0.5, 0.6) is 5.75 Å². The first-order chi connectivity index (χ1) is 10.3. The van der Waals surface area contributed by atoms with Crippen molar-refractivity contribution in [2.75, 3.05) is 0 Å². The van der Waals surface area contributed by atoms with E-state index < -0.39 is 17.7 Å². The highest BCUT2D eigenvalue weighted by Gasteiger charge is 2.29. The van der Waals surface area contributed by atoms with E-state index in [2.05, 4.69) is 4.84 Å². The molecule has 0 aliphatic carbocycles. The highest BCUT2D eigenvalue weighted by molar-refractivity contribution is 5.91. The van der Waals surface area contributed by atoms with Gasteiger partial charge in [0.25, 0.3) is 0 Å². The number of aromatic carboxylic acids is 1. The van der Waals surface area contributed by atoms with Crippen molar-refractivity contribution in [2.24, 2.45) is 5.90 Å². The van der Waals surface area contributed by atoms with Gasteiger partial charge in [0.05, 0.1) is 5.56 Å². The lowest BCUT2D eigenvalue weighted by Crippen LogP contribution is -2.11. The van der Waals surface area contributed by atoms with Gasteiger partial charge in [0.1, 0.15) is 5.56 Å². The lowest BCUT2D eigenvalue weighted by atomic mass is 10.0. The number of halogens is 3. The van der Waals surface area contributed by atoms with Crippen molar-refractivity contribution < 1.29 is 27.9 Å². The van der Waals surface area contributed by atoms with E-state index in [0.717, 1.165) is 12.1 Å². The van der Waals surface area contributed by atoms with Gasteiger partial charge in [-0.2, -0.15) is 19.1 Å². The third-order valence-electron chi connectivity index (χ3n) is 3.12. The van der Waals surface area contributed by atoms with Crippen LogP contribution < -0.4 is 10.7 Å². The van der Waals surface area contributed by atoms with E-state index in [1.54, 1.807) is 6.07 Å². The van der Waals surface area contributed by atoms with Crippen molar-refractivity contribution in [3.8, 4) is 5.75 Å². The molecule has 0 fully saturated rings. The number of carbonyl (C=O) groups is 1. The molecule has 0 spiro atoms. The number of para-hydroxylation sites is 1. The van der Waals surface area contributed by atoms with Crippen LogP contribution in [0.2, 0.25) is 0 Å². The first-order valence-corrected chi connectivity index (χ1v) is 6.21. The van der Waals surface area contributed by atoms with Crippen molar-refractivity contribution in [1.82, 2.24) is 0 Å². The van der Waals surface area contributed by atoms with Crippen molar-refractivity contribution in [2.45, 2.75) is 12.6 Å². The summed E-state index contributed by atoms with van der Waals surface area (Å²) in [5.41, 5.74) is 0.203. The van der Waals surface area contributed by atoms with Crippen molar-refractivity contribution >= 4 is 5.97 Å². The zero-order valence-electron chi connectivity index (χ0n) is 11.2. The van der Waals surface area contributed by atoms with Crippen LogP contribution in [0, 0.1) is 0 Å². The first-order valence-electron chi connectivity index (χ1n) is 6.21. The van der Waals surface area contributed by atoms with Crippen LogP contribution in [-0.2, 0) is 12.6 Å². The molecule has 2 rings (SSSR count). The first kappa shape index (κ1) is 15.8. The minimum Gasteiger partial charge on any atom is -0.478 e. The van der Waals surface area contributed by atoms with Gasteiger partial charge in [0, 0.05) is 12.0 Å². The summed E-state index contributed by atoms with van der Waals surface area (Å²) < 4.78 is 37.5. The molecule has 0 heterocycles. The van der Waals surface area contributed by atoms with E-state index in [-0.39, 0.29) is 17.7 Å². The lowest BCUT2D eigenvalue weighted by molar-refractivity contribution is -0.137. The molecule has 0 saturated heterocycles. The zero-order valence-corrected chi connectivity index (χ0v) is 11.2. The van der Waals surface area contributed by atoms with E-state index in [1.165, 1.54) is 24.3 Å². The second-order valence-electron chi connectivity index (χ2n) is 4.59. The quantitative estimate of drug-likeness (QED) is 0.850. The minimum atomic E-state index is -4.40. The van der Waals surface area contributed by atoms with E-state index in [1.807, 2.05) is 0 Å². The number of carboxylic acid groups (broad SMARTS) is 1. The second kappa shape index (κ2) is 6.07. The minimum absolute atomic E-state index is 0.00472. The Labute approximate surface area is 123 Å². The van der Waals surface area contributed by atoms with Gasteiger partial charge in [-0.1, -0.05) is 24.3 Å². The summed E-state index contributed by atoms with van der Waals surface area (Å²) in [6, 6.07) is 9.06. The molecular weight excluding hydrogens is 299 g/mol. The second-order valence-corrected chi connectivity index (χ2v) is 4.59. The molecule has 0 bridgehead atoms. The number of carboxylic acids is 1. The number of hydrogen-bond acceptors (Lipinski definition) is 3. The number of rotatable bonds is 4. The van der Waals surface area contributed by atoms with Gasteiger partial charge in [-0.15, -0.1) is 0 Å². The molecule has 0 atom stereocenters. The third-order valence-corrected chi connectivity index (χ3v) is 3.12. The molecular formula is C15H12F3NO3. The molecule has 2 aromatic rings. The fourth-order valence-corrected chi connectivity index (χ4v) is 2.06. The maximum Gasteiger partial charge on any atom is 0.416 e. The standard InChI is InChI=1S/C15H12F3NO3/c16-15(17,18)11-6-4-9(5-7-11)8-10-2-1-3-12(14(20)21)13(10)22-19/h1-7H,8,19H2,(H,20,21). The predicted molar refractivity (Wildman–Crippen MR) is 72.5 cm³/mol. The van der Waals surface area contributed by atoms with Crippen LogP contribution >= 0.6 is 0 Å². The number of hydrogen-bond donors (Lipinski definition) is 2. The Hall–Kier alpha value is -2.54. The van der Waals surface area contributed by atoms with Crippen molar-refractivity contribution in [3.05, 3.63) is 64.7 Å². The van der Waals surface area contributed by atoms with Gasteiger partial charge in [-0.3, -0.25) is 0 Å². The number of nitrogens with two attached hydrogens (primary N) is 1. The molecule has 0 radical (unpaired) electrons. The van der Waals surface area contributed by atoms with E-state index >= 15 is 0 Å². The normalized spacial score (nSPS) is 11.3. The fourth-order valence-electron chi connectivity index (χ4n) is 2.06. The molecule has 0 aromatic heterocycles. The summed E-state index contributed by atoms with van der Waals surface area (Å²) in [6.07, 6.45) is -4.20. The topological polar surface area (TPSA) is 72.5 Å². The summed E-state index contributed by atoms with van der Waals surface area (Å²) in [5, 5.41) is 9.05. The van der Waals surface area contributed by atoms with Gasteiger partial charge >= 0.3 is 12.1 Å². The van der Waals surface area contributed by atoms with Crippen LogP contribution in [0.4, 0.5) is 13.2 Å². The summed E-state index contributed by atoms with van der Waals surface area (Å²) >= 11 is 0. The van der Waals surface area contributed by atoms with Gasteiger partial charge in [-0.05, 0) is 23.8 Å². The molecule has 0 amide bonds. The molecule has 2 aromatic carbocycles. The van der Waals surface area contributed by atoms with Crippen LogP contribution in [0.3, 0.4) is 0 Å². The van der Waals surface area contributed by atoms with Crippen LogP contribution in [-0.4, -0.2) is 11.1 Å². The largest absolute Gasteiger partial charge is 0.478 e. The average molecular weight is 311 g/mol. The highest BCUT2D eigenvalue weighted by Crippen LogP contribution is 2.30. The van der Waals surface area contributed by atoms with Crippen molar-refractivity contribution in [1.29, 1.82) is 0 Å². The monoisotopic (exact) mass is 311 g/mol. The van der Waals surface area contributed by atoms with Gasteiger partial charge in [-0.25, -0.2) is 4.79 Å². The summed E-state index contributed by atoms with van der Waals surface area (Å²) in [6.45, 7) is 0. The van der Waals surface area contributed by atoms with E-state index in [0.29, 0.717) is 11.1 Å². The van der Waals surface area contributed by atoms with Crippen LogP contribution in [0.25, 0.3) is 0 Å². The molecule has 0 saturated carbocycles. The number of benzene rings is 2. The van der Waals surface area contributed by atoms with Gasteiger partial charge in [0.15, 0.2) is 5.75 Å². The van der Waals surface area contributed by atoms with E-state index in [9.17, 15) is 18.0 Å². The Bertz CT molecular complexity index is 681. The maximum atomic E-state index is 12.5. The molecule has 22 heavy (non-hydrogen) atoms. The van der Waals surface area contributed by atoms with Gasteiger partial charge in [0.2, 0.25) is 0 Å². The summed E-state index contributed by atoms with van der Waals surface area (Å²) in [7, 11) is 0. The zero-order chi connectivity index (χ0) is 16.3. The molecule has 0 aliphatic rings. The Morgan fingerprint density at radius 3 is 2.27 bits per heavy atom. The molecule has 4 nitrogen and oxygen atoms in total. The Balaban J connectivity index is 2.31. The van der Waals surface area contributed by atoms with Crippen molar-refractivity contribution in [3.63, 3.8) is 0 Å².